The molecule has 0 saturated heterocycles. The average molecular weight is 350 g/mol. The summed E-state index contributed by atoms with van der Waals surface area (Å²) in [6.07, 6.45) is 1.50. The third-order valence-electron chi connectivity index (χ3n) is 3.19. The predicted molar refractivity (Wildman–Crippen MR) is 85.6 cm³/mol. The molecule has 0 aliphatic heterocycles. The number of rotatable bonds is 9. The Morgan fingerprint density at radius 3 is 2.40 bits per heavy atom. The Bertz CT molecular complexity index is 692. The van der Waals surface area contributed by atoms with Crippen molar-refractivity contribution in [3.8, 4) is 0 Å². The van der Waals surface area contributed by atoms with E-state index in [0.717, 1.165) is 24.3 Å². The summed E-state index contributed by atoms with van der Waals surface area (Å²) in [4.78, 5) is 45.1. The summed E-state index contributed by atoms with van der Waals surface area (Å²) in [7, 11) is 0. The average Bonchev–Trinajstić information content (AvgIpc) is 2.57. The summed E-state index contributed by atoms with van der Waals surface area (Å²) in [6, 6.07) is 3.13. The maximum Gasteiger partial charge on any atom is 0.339 e. The Morgan fingerprint density at radius 1 is 1.16 bits per heavy atom. The van der Waals surface area contributed by atoms with Crippen LogP contribution in [0.4, 0.5) is 0 Å². The number of aromatic carboxylic acids is 2. The lowest BCUT2D eigenvalue weighted by molar-refractivity contribution is -0.142. The molecule has 1 unspecified atom stereocenters. The maximum atomic E-state index is 12.0. The zero-order valence-corrected chi connectivity index (χ0v) is 13.6. The van der Waals surface area contributed by atoms with E-state index in [9.17, 15) is 19.2 Å². The smallest absolute Gasteiger partial charge is 0.339 e. The fourth-order valence-corrected chi connectivity index (χ4v) is 1.95. The molecule has 0 amide bonds. The van der Waals surface area contributed by atoms with Crippen molar-refractivity contribution in [2.75, 3.05) is 6.61 Å². The Labute approximate surface area is 143 Å². The Balaban J connectivity index is 2.63. The highest BCUT2D eigenvalue weighted by molar-refractivity contribution is 6.04. The van der Waals surface area contributed by atoms with Crippen molar-refractivity contribution >= 4 is 23.9 Å². The molecule has 0 aliphatic carbocycles. The topological polar surface area (TPSA) is 127 Å². The fourth-order valence-electron chi connectivity index (χ4n) is 1.95. The zero-order valence-electron chi connectivity index (χ0n) is 13.6. The van der Waals surface area contributed by atoms with Crippen molar-refractivity contribution < 1.29 is 38.9 Å². The number of hydrogen-bond acceptors (Lipinski definition) is 6. The molecule has 2 N–H and O–H groups in total. The van der Waals surface area contributed by atoms with Crippen LogP contribution < -0.4 is 0 Å². The van der Waals surface area contributed by atoms with E-state index in [2.05, 4.69) is 6.58 Å². The van der Waals surface area contributed by atoms with E-state index in [1.54, 1.807) is 6.92 Å². The Morgan fingerprint density at radius 2 is 1.84 bits per heavy atom. The molecule has 1 rings (SSSR count). The van der Waals surface area contributed by atoms with Gasteiger partial charge < -0.3 is 19.7 Å². The molecule has 134 valence electrons. The van der Waals surface area contributed by atoms with Gasteiger partial charge in [-0.05, 0) is 38.0 Å². The van der Waals surface area contributed by atoms with Gasteiger partial charge in [0, 0.05) is 6.08 Å². The van der Waals surface area contributed by atoms with Gasteiger partial charge in [0.2, 0.25) is 0 Å². The number of benzene rings is 1. The third kappa shape index (κ3) is 6.09. The molecule has 0 aliphatic rings. The Hall–Kier alpha value is -3.16. The number of esters is 2. The van der Waals surface area contributed by atoms with Crippen molar-refractivity contribution in [2.24, 2.45) is 0 Å². The van der Waals surface area contributed by atoms with Crippen LogP contribution in [0.3, 0.4) is 0 Å². The summed E-state index contributed by atoms with van der Waals surface area (Å²) < 4.78 is 9.94. The van der Waals surface area contributed by atoms with E-state index >= 15 is 0 Å². The number of ether oxygens (including phenoxy) is 2. The van der Waals surface area contributed by atoms with Gasteiger partial charge in [0.15, 0.2) is 0 Å². The normalized spacial score (nSPS) is 11.2. The van der Waals surface area contributed by atoms with Crippen LogP contribution in [0.1, 0.15) is 50.8 Å². The quantitative estimate of drug-likeness (QED) is 0.394. The van der Waals surface area contributed by atoms with E-state index in [-0.39, 0.29) is 23.8 Å². The maximum absolute atomic E-state index is 12.0. The molecule has 0 bridgehead atoms. The molecule has 8 nitrogen and oxygen atoms in total. The van der Waals surface area contributed by atoms with Gasteiger partial charge in [0.05, 0.1) is 29.4 Å². The van der Waals surface area contributed by atoms with Gasteiger partial charge in [0.1, 0.15) is 0 Å². The Kier molecular flexibility index (Phi) is 7.33. The van der Waals surface area contributed by atoms with E-state index in [0.29, 0.717) is 12.8 Å². The minimum absolute atomic E-state index is 0.00540. The molecule has 1 aromatic carbocycles. The van der Waals surface area contributed by atoms with E-state index < -0.39 is 29.4 Å². The minimum atomic E-state index is -1.43. The number of carboxylic acid groups (broad SMARTS) is 2. The molecule has 0 saturated carbocycles. The van der Waals surface area contributed by atoms with Gasteiger partial charge >= 0.3 is 23.9 Å². The summed E-state index contributed by atoms with van der Waals surface area (Å²) >= 11 is 0. The van der Waals surface area contributed by atoms with Crippen molar-refractivity contribution in [3.63, 3.8) is 0 Å². The minimum Gasteiger partial charge on any atom is -0.478 e. The molecule has 1 atom stereocenters. The lowest BCUT2D eigenvalue weighted by Crippen LogP contribution is -2.16. The van der Waals surface area contributed by atoms with Gasteiger partial charge in [-0.3, -0.25) is 0 Å². The van der Waals surface area contributed by atoms with Gasteiger partial charge in [0.25, 0.3) is 0 Å². The zero-order chi connectivity index (χ0) is 19.0. The van der Waals surface area contributed by atoms with Gasteiger partial charge in [-0.15, -0.1) is 0 Å². The first-order valence-electron chi connectivity index (χ1n) is 7.37. The van der Waals surface area contributed by atoms with Crippen LogP contribution >= 0.6 is 0 Å². The largest absolute Gasteiger partial charge is 0.478 e. The SMILES string of the molecule is C=CC(=O)OC(C)CCCOC(=O)c1ccc(C(=O)O)cc1C(=O)O. The highest BCUT2D eigenvalue weighted by Gasteiger charge is 2.20. The predicted octanol–water partition coefficient (Wildman–Crippen LogP) is 2.14. The van der Waals surface area contributed by atoms with Crippen molar-refractivity contribution in [1.29, 1.82) is 0 Å². The molecular formula is C17H18O8. The first-order chi connectivity index (χ1) is 11.8. The number of carboxylic acids is 2. The highest BCUT2D eigenvalue weighted by atomic mass is 16.5. The first-order valence-corrected chi connectivity index (χ1v) is 7.37. The van der Waals surface area contributed by atoms with Crippen molar-refractivity contribution in [2.45, 2.75) is 25.9 Å². The summed E-state index contributed by atoms with van der Waals surface area (Å²) in [5.74, 6) is -4.15. The second kappa shape index (κ2) is 9.21. The highest BCUT2D eigenvalue weighted by Crippen LogP contribution is 2.15. The summed E-state index contributed by atoms with van der Waals surface area (Å²) in [5.41, 5.74) is -0.923. The van der Waals surface area contributed by atoms with E-state index in [1.165, 1.54) is 0 Å². The second-order valence-corrected chi connectivity index (χ2v) is 5.10. The van der Waals surface area contributed by atoms with Crippen LogP contribution in [0, 0.1) is 0 Å². The van der Waals surface area contributed by atoms with Crippen molar-refractivity contribution in [1.82, 2.24) is 0 Å². The van der Waals surface area contributed by atoms with Crippen LogP contribution in [0.15, 0.2) is 30.9 Å². The molecule has 0 fully saturated rings. The van der Waals surface area contributed by atoms with E-state index in [4.69, 9.17) is 19.7 Å². The molecule has 25 heavy (non-hydrogen) atoms. The number of carbonyl (C=O) groups is 4. The lowest BCUT2D eigenvalue weighted by Gasteiger charge is -2.12. The molecule has 0 spiro atoms. The molecular weight excluding hydrogens is 332 g/mol. The van der Waals surface area contributed by atoms with Crippen LogP contribution in [-0.2, 0) is 14.3 Å². The monoisotopic (exact) mass is 350 g/mol. The van der Waals surface area contributed by atoms with Crippen LogP contribution in [-0.4, -0.2) is 46.8 Å². The van der Waals surface area contributed by atoms with Gasteiger partial charge in [-0.25, -0.2) is 19.2 Å². The third-order valence-corrected chi connectivity index (χ3v) is 3.19. The molecule has 0 heterocycles. The molecule has 0 radical (unpaired) electrons. The fraction of sp³-hybridized carbons (Fsp3) is 0.294. The van der Waals surface area contributed by atoms with Crippen LogP contribution in [0.25, 0.3) is 0 Å². The van der Waals surface area contributed by atoms with Gasteiger partial charge in [-0.2, -0.15) is 0 Å². The molecule has 0 aromatic heterocycles. The van der Waals surface area contributed by atoms with Crippen molar-refractivity contribution in [3.05, 3.63) is 47.5 Å². The number of hydrogen-bond donors (Lipinski definition) is 2. The summed E-state index contributed by atoms with van der Waals surface area (Å²) in [6.45, 7) is 4.95. The van der Waals surface area contributed by atoms with E-state index in [1.807, 2.05) is 0 Å². The van der Waals surface area contributed by atoms with Crippen LogP contribution in [0.5, 0.6) is 0 Å². The lowest BCUT2D eigenvalue weighted by atomic mass is 10.0. The summed E-state index contributed by atoms with van der Waals surface area (Å²) in [5, 5.41) is 18.0. The second-order valence-electron chi connectivity index (χ2n) is 5.10. The molecule has 8 heteroatoms. The first kappa shape index (κ1) is 19.9. The van der Waals surface area contributed by atoms with Crippen LogP contribution in [0.2, 0.25) is 0 Å². The standard InChI is InChI=1S/C17H18O8/c1-3-14(18)25-10(2)5-4-8-24-17(23)12-7-6-11(15(19)20)9-13(12)16(21)22/h3,6-7,9-10H,1,4-5,8H2,2H3,(H,19,20)(H,21,22). The number of carbonyl (C=O) groups excluding carboxylic acids is 2. The molecule has 1 aromatic rings. The van der Waals surface area contributed by atoms with Gasteiger partial charge in [-0.1, -0.05) is 6.58 Å².